The van der Waals surface area contributed by atoms with Crippen LogP contribution in [0.25, 0.3) is 11.0 Å². The van der Waals surface area contributed by atoms with Crippen molar-refractivity contribution in [1.29, 1.82) is 0 Å². The number of carbonyl (C=O) groups is 1. The molecule has 0 amide bonds. The van der Waals surface area contributed by atoms with Crippen LogP contribution in [0.4, 0.5) is 19.1 Å². The van der Waals surface area contributed by atoms with Crippen molar-refractivity contribution in [3.63, 3.8) is 0 Å². The summed E-state index contributed by atoms with van der Waals surface area (Å²) in [5, 5.41) is 12.9. The zero-order chi connectivity index (χ0) is 27.1. The molecular formula is C30H35F3N4O2. The van der Waals surface area contributed by atoms with Gasteiger partial charge in [0.2, 0.25) is 5.95 Å². The van der Waals surface area contributed by atoms with Crippen LogP contribution in [0.5, 0.6) is 0 Å². The Labute approximate surface area is 226 Å². The van der Waals surface area contributed by atoms with E-state index in [1.165, 1.54) is 30.9 Å². The van der Waals surface area contributed by atoms with Crippen molar-refractivity contribution < 1.29 is 23.1 Å². The number of aliphatic hydroxyl groups is 1. The van der Waals surface area contributed by atoms with Crippen molar-refractivity contribution in [1.82, 2.24) is 14.5 Å². The van der Waals surface area contributed by atoms with Gasteiger partial charge in [0.25, 0.3) is 0 Å². The molecule has 1 saturated heterocycles. The molecule has 6 nitrogen and oxygen atoms in total. The minimum atomic E-state index is -4.45. The molecule has 0 spiro atoms. The number of aliphatic hydroxyl groups excluding tert-OH is 1. The highest BCUT2D eigenvalue weighted by molar-refractivity contribution is 6.10. The van der Waals surface area contributed by atoms with Gasteiger partial charge in [0.15, 0.2) is 5.78 Å². The minimum Gasteiger partial charge on any atom is -0.396 e. The van der Waals surface area contributed by atoms with Crippen LogP contribution in [0.1, 0.15) is 73.6 Å². The number of halogens is 3. The van der Waals surface area contributed by atoms with E-state index in [0.29, 0.717) is 17.4 Å². The molecule has 0 bridgehead atoms. The second-order valence-electron chi connectivity index (χ2n) is 11.4. The molecule has 39 heavy (non-hydrogen) atoms. The monoisotopic (exact) mass is 540 g/mol. The van der Waals surface area contributed by atoms with E-state index < -0.39 is 23.7 Å². The topological polar surface area (TPSA) is 70.4 Å². The Bertz CT molecular complexity index is 1340. The van der Waals surface area contributed by atoms with Gasteiger partial charge in [-0.05, 0) is 86.9 Å². The number of ketones is 1. The van der Waals surface area contributed by atoms with Gasteiger partial charge in [0.05, 0.1) is 22.5 Å². The first kappa shape index (κ1) is 26.3. The lowest BCUT2D eigenvalue weighted by Crippen LogP contribution is -2.29. The highest BCUT2D eigenvalue weighted by atomic mass is 19.4. The molecule has 1 aliphatic heterocycles. The van der Waals surface area contributed by atoms with E-state index in [0.717, 1.165) is 68.5 Å². The van der Waals surface area contributed by atoms with Crippen molar-refractivity contribution in [2.24, 2.45) is 5.92 Å². The average Bonchev–Trinajstić information content (AvgIpc) is 3.42. The van der Waals surface area contributed by atoms with Crippen LogP contribution in [0.15, 0.2) is 42.5 Å². The van der Waals surface area contributed by atoms with E-state index in [2.05, 4.69) is 33.0 Å². The van der Waals surface area contributed by atoms with Gasteiger partial charge in [0, 0.05) is 19.2 Å². The summed E-state index contributed by atoms with van der Waals surface area (Å²) in [6.45, 7) is 3.28. The van der Waals surface area contributed by atoms with Crippen LogP contribution >= 0.6 is 0 Å². The smallest absolute Gasteiger partial charge is 0.396 e. The maximum absolute atomic E-state index is 13.3. The van der Waals surface area contributed by atoms with E-state index in [4.69, 9.17) is 4.98 Å². The number of nitrogens with one attached hydrogen (secondary N) is 1. The summed E-state index contributed by atoms with van der Waals surface area (Å²) in [5.74, 6) is 0.155. The number of piperidine rings is 1. The molecule has 6 rings (SSSR count). The molecule has 2 atom stereocenters. The second-order valence-corrected chi connectivity index (χ2v) is 11.4. The summed E-state index contributed by atoms with van der Waals surface area (Å²) in [5.41, 5.74) is 2.69. The third kappa shape index (κ3) is 5.43. The summed E-state index contributed by atoms with van der Waals surface area (Å²) in [4.78, 5) is 20.2. The van der Waals surface area contributed by atoms with Crippen molar-refractivity contribution >= 4 is 22.8 Å². The number of Topliss-reactive ketones (excluding diaryl/α,β-unsaturated/α-hetero) is 1. The molecule has 208 valence electrons. The molecule has 3 aliphatic rings. The van der Waals surface area contributed by atoms with Gasteiger partial charge in [-0.3, -0.25) is 9.69 Å². The lowest BCUT2D eigenvalue weighted by Gasteiger charge is -2.30. The third-order valence-corrected chi connectivity index (χ3v) is 8.74. The fourth-order valence-electron chi connectivity index (χ4n) is 6.47. The van der Waals surface area contributed by atoms with Crippen LogP contribution in [0.2, 0.25) is 0 Å². The maximum Gasteiger partial charge on any atom is 0.416 e. The Kier molecular flexibility index (Phi) is 7.14. The molecule has 9 heteroatoms. The van der Waals surface area contributed by atoms with E-state index in [9.17, 15) is 23.1 Å². The number of nitrogens with zero attached hydrogens (tertiary/aromatic N) is 3. The van der Waals surface area contributed by atoms with Crippen LogP contribution < -0.4 is 5.32 Å². The molecule has 1 unspecified atom stereocenters. The van der Waals surface area contributed by atoms with Crippen LogP contribution in [-0.4, -0.2) is 51.1 Å². The molecular weight excluding hydrogens is 505 g/mol. The Morgan fingerprint density at radius 3 is 2.49 bits per heavy atom. The Hall–Kier alpha value is -2.91. The molecule has 2 saturated carbocycles. The second kappa shape index (κ2) is 10.6. The number of alkyl halides is 3. The van der Waals surface area contributed by atoms with Gasteiger partial charge < -0.3 is 15.0 Å². The number of fused-ring (bicyclic) bond motifs is 1. The van der Waals surface area contributed by atoms with Crippen molar-refractivity contribution in [2.75, 3.05) is 25.0 Å². The van der Waals surface area contributed by atoms with E-state index >= 15 is 0 Å². The zero-order valence-electron chi connectivity index (χ0n) is 22.0. The Morgan fingerprint density at radius 1 is 1.00 bits per heavy atom. The van der Waals surface area contributed by atoms with Gasteiger partial charge >= 0.3 is 6.18 Å². The predicted octanol–water partition coefficient (Wildman–Crippen LogP) is 5.91. The van der Waals surface area contributed by atoms with E-state index in [1.807, 2.05) is 0 Å². The Morgan fingerprint density at radius 2 is 1.77 bits per heavy atom. The van der Waals surface area contributed by atoms with Crippen molar-refractivity contribution in [3.05, 3.63) is 59.2 Å². The summed E-state index contributed by atoms with van der Waals surface area (Å²) < 4.78 is 42.0. The number of rotatable bonds is 7. The number of imidazole rings is 1. The third-order valence-electron chi connectivity index (χ3n) is 8.74. The van der Waals surface area contributed by atoms with Gasteiger partial charge in [0.1, 0.15) is 6.04 Å². The lowest BCUT2D eigenvalue weighted by molar-refractivity contribution is -0.137. The molecule has 0 radical (unpaired) electrons. The van der Waals surface area contributed by atoms with Crippen LogP contribution in [0.3, 0.4) is 0 Å². The van der Waals surface area contributed by atoms with Gasteiger partial charge in [-0.2, -0.15) is 13.2 Å². The molecule has 2 aliphatic carbocycles. The number of likely N-dealkylation sites (tertiary alicyclic amines) is 1. The molecule has 3 fully saturated rings. The van der Waals surface area contributed by atoms with Crippen molar-refractivity contribution in [3.8, 4) is 0 Å². The highest BCUT2D eigenvalue weighted by Gasteiger charge is 2.51. The Balaban J connectivity index is 1.28. The number of aromatic nitrogens is 2. The fraction of sp³-hybridized carbons (Fsp3) is 0.533. The largest absolute Gasteiger partial charge is 0.416 e. The standard InChI is InChI=1S/C30H35F3N4O2/c31-30(32,33)22-6-4-5-21(16-22)26-27(28(26)39)35-29-34-24-15-20(17-36-13-2-1-3-14-36)9-12-25(24)37(29)23-10-7-19(18-38)8-11-23/h4-6,9,12,15-16,19,23,26-27,38H,1-3,7-8,10-11,13-14,17-18H2,(H,34,35)/t19?,23?,26-,27?/m1/s1. The normalized spacial score (nSPS) is 26.2. The summed E-state index contributed by atoms with van der Waals surface area (Å²) in [6, 6.07) is 11.0. The quantitative estimate of drug-likeness (QED) is 0.390. The van der Waals surface area contributed by atoms with Gasteiger partial charge in [-0.1, -0.05) is 30.7 Å². The molecule has 1 aromatic heterocycles. The first-order chi connectivity index (χ1) is 18.8. The van der Waals surface area contributed by atoms with Crippen LogP contribution in [0, 0.1) is 5.92 Å². The molecule has 2 aromatic carbocycles. The summed E-state index contributed by atoms with van der Waals surface area (Å²) in [6.07, 6.45) is 2.92. The van der Waals surface area contributed by atoms with E-state index in [-0.39, 0.29) is 18.4 Å². The van der Waals surface area contributed by atoms with E-state index in [1.54, 1.807) is 6.07 Å². The lowest BCUT2D eigenvalue weighted by atomic mass is 9.86. The molecule has 2 heterocycles. The van der Waals surface area contributed by atoms with Crippen molar-refractivity contribution in [2.45, 2.75) is 75.7 Å². The minimum absolute atomic E-state index is 0.122. The number of hydrogen-bond acceptors (Lipinski definition) is 5. The number of carbonyl (C=O) groups excluding carboxylic acids is 1. The summed E-state index contributed by atoms with van der Waals surface area (Å²) in [7, 11) is 0. The highest BCUT2D eigenvalue weighted by Crippen LogP contribution is 2.43. The molecule has 3 aromatic rings. The number of benzene rings is 2. The SMILES string of the molecule is O=C1C(Nc2nc3cc(CN4CCCCC4)ccc3n2C2CCC(CO)CC2)[C@H]1c1cccc(C(F)(F)F)c1. The first-order valence-corrected chi connectivity index (χ1v) is 14.1. The summed E-state index contributed by atoms with van der Waals surface area (Å²) >= 11 is 0. The zero-order valence-corrected chi connectivity index (χ0v) is 22.0. The van der Waals surface area contributed by atoms with Crippen LogP contribution in [-0.2, 0) is 17.5 Å². The average molecular weight is 541 g/mol. The molecule has 2 N–H and O–H groups in total. The number of anilines is 1. The maximum atomic E-state index is 13.3. The van der Waals surface area contributed by atoms with Gasteiger partial charge in [-0.15, -0.1) is 0 Å². The predicted molar refractivity (Wildman–Crippen MR) is 144 cm³/mol. The number of hydrogen-bond donors (Lipinski definition) is 2. The van der Waals surface area contributed by atoms with Gasteiger partial charge in [-0.25, -0.2) is 4.98 Å². The fourth-order valence-corrected chi connectivity index (χ4v) is 6.47. The first-order valence-electron chi connectivity index (χ1n) is 14.1.